The van der Waals surface area contributed by atoms with Crippen LogP contribution in [0.2, 0.25) is 0 Å². The number of ether oxygens (including phenoxy) is 1. The Morgan fingerprint density at radius 2 is 1.27 bits per heavy atom. The lowest BCUT2D eigenvalue weighted by Crippen LogP contribution is -2.62. The summed E-state index contributed by atoms with van der Waals surface area (Å²) in [6.07, 6.45) is 3.89. The Labute approximate surface area is 490 Å². The average Bonchev–Trinajstić information content (AvgIpc) is 4.01. The van der Waals surface area contributed by atoms with Gasteiger partial charge in [0.1, 0.15) is 42.3 Å². The second kappa shape index (κ2) is 29.8. The first kappa shape index (κ1) is 66.6. The molecule has 1 aromatic heterocycles. The van der Waals surface area contributed by atoms with Crippen molar-refractivity contribution in [3.63, 3.8) is 0 Å². The lowest BCUT2D eigenvalue weighted by Gasteiger charge is -2.39. The SMILES string of the molecule is CCC[C@H]1C(=O)NC(Cc2ccccc2)C(=O)N(C)C(Cc2cccc(-c3cccnc3)c2)C(=O)N2CCCC2C(=O)NC(C(C)CC)C(=O)N(C)[C@@H](C)C(=O)NC(CC(C)C)C(=O)N(C)C(C(C)(C)O)C(=O)OC([C@H](C)CC)C(=O)N1C. The van der Waals surface area contributed by atoms with E-state index in [1.54, 1.807) is 45.3 Å². The van der Waals surface area contributed by atoms with E-state index >= 15 is 14.4 Å². The lowest BCUT2D eigenvalue weighted by molar-refractivity contribution is -0.177. The zero-order valence-corrected chi connectivity index (χ0v) is 51.2. The fraction of sp³-hybridized carbons (Fsp3) is 0.587. The smallest absolute Gasteiger partial charge is 0.332 e. The van der Waals surface area contributed by atoms with Gasteiger partial charge in [-0.05, 0) is 93.0 Å². The molecule has 3 heterocycles. The molecule has 3 aromatic rings. The van der Waals surface area contributed by atoms with Crippen molar-refractivity contribution in [2.24, 2.45) is 17.8 Å². The molecule has 2 aromatic carbocycles. The molecule has 2 aliphatic rings. The zero-order valence-electron chi connectivity index (χ0n) is 51.2. The number of fused-ring (bicyclic) bond motifs is 1. The molecule has 2 aliphatic heterocycles. The molecule has 2 fully saturated rings. The van der Waals surface area contributed by atoms with Crippen LogP contribution in [0.25, 0.3) is 11.1 Å². The Morgan fingerprint density at radius 3 is 1.87 bits per heavy atom. The quantitative estimate of drug-likeness (QED) is 0.157. The van der Waals surface area contributed by atoms with Gasteiger partial charge in [0.2, 0.25) is 41.4 Å². The summed E-state index contributed by atoms with van der Waals surface area (Å²) in [5.41, 5.74) is 1.04. The second-order valence-corrected chi connectivity index (χ2v) is 23.7. The normalized spacial score (nSPS) is 25.6. The summed E-state index contributed by atoms with van der Waals surface area (Å²) in [6, 6.07) is 10.1. The molecule has 0 radical (unpaired) electrons. The molecule has 0 bridgehead atoms. The van der Waals surface area contributed by atoms with Gasteiger partial charge in [-0.25, -0.2) is 4.79 Å². The van der Waals surface area contributed by atoms with Gasteiger partial charge in [0.15, 0.2) is 12.1 Å². The van der Waals surface area contributed by atoms with E-state index in [4.69, 9.17) is 4.74 Å². The van der Waals surface area contributed by atoms with E-state index < -0.39 is 125 Å². The highest BCUT2D eigenvalue weighted by atomic mass is 16.6. The molecule has 20 nitrogen and oxygen atoms in total. The number of hydrogen-bond donors (Lipinski definition) is 4. The van der Waals surface area contributed by atoms with Gasteiger partial charge in [0.25, 0.3) is 5.91 Å². The van der Waals surface area contributed by atoms with Crippen LogP contribution in [-0.2, 0) is 60.7 Å². The maximum Gasteiger partial charge on any atom is 0.332 e. The maximum atomic E-state index is 15.5. The summed E-state index contributed by atoms with van der Waals surface area (Å²) >= 11 is 0. The highest BCUT2D eigenvalue weighted by Crippen LogP contribution is 2.28. The first-order valence-electron chi connectivity index (χ1n) is 29.4. The third-order valence-electron chi connectivity index (χ3n) is 16.5. The molecule has 20 heteroatoms. The number of carbonyl (C=O) groups is 9. The number of amides is 8. The summed E-state index contributed by atoms with van der Waals surface area (Å²) in [5, 5.41) is 20.4. The van der Waals surface area contributed by atoms with Gasteiger partial charge in [-0.15, -0.1) is 0 Å². The molecular formula is C63H91N9O11. The van der Waals surface area contributed by atoms with E-state index in [0.29, 0.717) is 36.8 Å². The Kier molecular flexibility index (Phi) is 23.9. The molecule has 0 spiro atoms. The fourth-order valence-electron chi connectivity index (χ4n) is 11.0. The van der Waals surface area contributed by atoms with Crippen LogP contribution in [0.4, 0.5) is 0 Å². The Morgan fingerprint density at radius 1 is 0.651 bits per heavy atom. The first-order valence-corrected chi connectivity index (χ1v) is 29.4. The fourth-order valence-corrected chi connectivity index (χ4v) is 11.0. The van der Waals surface area contributed by atoms with Crippen molar-refractivity contribution in [3.05, 3.63) is 90.3 Å². The van der Waals surface area contributed by atoms with Crippen molar-refractivity contribution in [2.45, 2.75) is 187 Å². The van der Waals surface area contributed by atoms with Crippen molar-refractivity contribution in [1.29, 1.82) is 0 Å². The van der Waals surface area contributed by atoms with Gasteiger partial charge < -0.3 is 50.3 Å². The van der Waals surface area contributed by atoms with Crippen LogP contribution >= 0.6 is 0 Å². The highest BCUT2D eigenvalue weighted by Gasteiger charge is 2.47. The predicted molar refractivity (Wildman–Crippen MR) is 315 cm³/mol. The van der Waals surface area contributed by atoms with Gasteiger partial charge in [-0.3, -0.25) is 43.3 Å². The van der Waals surface area contributed by atoms with Crippen LogP contribution in [0.15, 0.2) is 79.1 Å². The van der Waals surface area contributed by atoms with E-state index in [1.165, 1.54) is 68.6 Å². The number of rotatable bonds is 14. The minimum atomic E-state index is -1.97. The Balaban J connectivity index is 1.70. The zero-order chi connectivity index (χ0) is 61.6. The van der Waals surface area contributed by atoms with Gasteiger partial charge in [0, 0.05) is 65.9 Å². The summed E-state index contributed by atoms with van der Waals surface area (Å²) in [5.74, 6) is -7.69. The summed E-state index contributed by atoms with van der Waals surface area (Å²) in [4.78, 5) is 145. The highest BCUT2D eigenvalue weighted by molar-refractivity contribution is 5.99. The van der Waals surface area contributed by atoms with E-state index in [0.717, 1.165) is 16.0 Å². The third-order valence-corrected chi connectivity index (χ3v) is 16.5. The van der Waals surface area contributed by atoms with E-state index in [2.05, 4.69) is 20.9 Å². The van der Waals surface area contributed by atoms with Crippen LogP contribution in [0.1, 0.15) is 125 Å². The number of carbonyl (C=O) groups excluding carboxylic acids is 9. The van der Waals surface area contributed by atoms with Gasteiger partial charge in [-0.2, -0.15) is 0 Å². The molecule has 8 amide bonds. The number of aliphatic hydroxyl groups is 1. The number of likely N-dealkylation sites (N-methyl/N-ethyl adjacent to an activating group) is 4. The predicted octanol–water partition coefficient (Wildman–Crippen LogP) is 4.94. The van der Waals surface area contributed by atoms with Crippen LogP contribution in [0.5, 0.6) is 0 Å². The van der Waals surface area contributed by atoms with Crippen LogP contribution in [-0.4, -0.2) is 183 Å². The standard InChI is InChI=1S/C63H91N9O11/c1-15-24-48-55(74)66-47(35-42-25-19-18-20-26-42)57(76)70(13)50(36-43-27-21-28-44(34-43)45-29-22-31-64-37-45)59(78)72-32-23-30-49(72)56(75)67-51(39(6)16-2)60(79)68(11)41(8)54(73)65-46(33-38(4)5)58(77)71(14)53(63(9,10)82)62(81)83-52(40(7)17-3)61(80)69(48)12/h18-22,25-29,31,34,37-41,46-53,82H,15-17,23-24,30,32-33,35-36H2,1-14H3,(H,65,73)(H,66,74)(H,67,75)/t39?,40-,41+,46?,47?,48+,49?,50?,51?,52?,53?/m1/s1. The summed E-state index contributed by atoms with van der Waals surface area (Å²) in [7, 11) is 5.63. The number of cyclic esters (lactones) is 1. The number of nitrogens with zero attached hydrogens (tertiary/aromatic N) is 6. The number of benzene rings is 2. The van der Waals surface area contributed by atoms with E-state index in [1.807, 2.05) is 82.3 Å². The molecule has 83 heavy (non-hydrogen) atoms. The minimum Gasteiger partial charge on any atom is -0.450 e. The monoisotopic (exact) mass is 1150 g/mol. The first-order chi connectivity index (χ1) is 39.2. The van der Waals surface area contributed by atoms with Gasteiger partial charge in [-0.1, -0.05) is 122 Å². The molecule has 2 saturated heterocycles. The van der Waals surface area contributed by atoms with Crippen molar-refractivity contribution >= 4 is 53.2 Å². The molecule has 0 saturated carbocycles. The number of pyridine rings is 1. The lowest BCUT2D eigenvalue weighted by atomic mass is 9.94. The maximum absolute atomic E-state index is 15.5. The molecular weight excluding hydrogens is 1060 g/mol. The number of esters is 1. The van der Waals surface area contributed by atoms with Crippen molar-refractivity contribution in [3.8, 4) is 11.1 Å². The number of hydrogen-bond acceptors (Lipinski definition) is 12. The Hall–Kier alpha value is -7.22. The second-order valence-electron chi connectivity index (χ2n) is 23.7. The third kappa shape index (κ3) is 16.7. The van der Waals surface area contributed by atoms with Crippen LogP contribution in [0.3, 0.4) is 0 Å². The summed E-state index contributed by atoms with van der Waals surface area (Å²) in [6.45, 7) is 16.9. The summed E-state index contributed by atoms with van der Waals surface area (Å²) < 4.78 is 6.09. The van der Waals surface area contributed by atoms with Gasteiger partial charge >= 0.3 is 5.97 Å². The Bertz CT molecular complexity index is 2740. The molecule has 11 atom stereocenters. The van der Waals surface area contributed by atoms with Crippen LogP contribution < -0.4 is 16.0 Å². The topological polar surface area (TPSA) is 248 Å². The average molecular weight is 1150 g/mol. The van der Waals surface area contributed by atoms with E-state index in [-0.39, 0.29) is 44.6 Å². The molecule has 5 rings (SSSR count). The molecule has 454 valence electrons. The van der Waals surface area contributed by atoms with Crippen molar-refractivity contribution in [2.75, 3.05) is 34.7 Å². The van der Waals surface area contributed by atoms with Crippen molar-refractivity contribution in [1.82, 2.24) is 45.4 Å². The van der Waals surface area contributed by atoms with E-state index in [9.17, 15) is 33.9 Å². The van der Waals surface area contributed by atoms with Crippen molar-refractivity contribution < 1.29 is 53.0 Å². The molecule has 8 unspecified atom stereocenters. The number of aromatic nitrogens is 1. The molecule has 4 N–H and O–H groups in total. The van der Waals surface area contributed by atoms with Gasteiger partial charge in [0.05, 0.1) is 5.60 Å². The number of nitrogens with one attached hydrogen (secondary N) is 3. The van der Waals surface area contributed by atoms with Crippen LogP contribution in [0, 0.1) is 17.8 Å². The largest absolute Gasteiger partial charge is 0.450 e. The minimum absolute atomic E-state index is 0.0100. The molecule has 0 aliphatic carbocycles.